The summed E-state index contributed by atoms with van der Waals surface area (Å²) in [6, 6.07) is 20.9. The van der Waals surface area contributed by atoms with Gasteiger partial charge in [-0.3, -0.25) is 0 Å². The van der Waals surface area contributed by atoms with Crippen LogP contribution in [0.4, 0.5) is 0 Å². The molecule has 0 aliphatic rings. The largest absolute Gasteiger partial charge is 0.354 e. The summed E-state index contributed by atoms with van der Waals surface area (Å²) in [5.74, 6) is 0. The maximum atomic E-state index is 6.01. The Morgan fingerprint density at radius 3 is 2.43 bits per heavy atom. The molecule has 0 aliphatic heterocycles. The van der Waals surface area contributed by atoms with Gasteiger partial charge in [0.25, 0.3) is 0 Å². The van der Waals surface area contributed by atoms with Crippen molar-refractivity contribution in [1.82, 2.24) is 4.98 Å². The quantitative estimate of drug-likeness (QED) is 0.446. The van der Waals surface area contributed by atoms with E-state index in [4.69, 9.17) is 11.6 Å². The van der Waals surface area contributed by atoms with E-state index in [9.17, 15) is 0 Å². The van der Waals surface area contributed by atoms with Crippen molar-refractivity contribution in [1.29, 1.82) is 0 Å². The zero-order valence-electron chi connectivity index (χ0n) is 11.7. The van der Waals surface area contributed by atoms with Crippen LogP contribution in [0.3, 0.4) is 0 Å². The van der Waals surface area contributed by atoms with Gasteiger partial charge < -0.3 is 4.98 Å². The molecule has 1 heterocycles. The van der Waals surface area contributed by atoms with E-state index in [1.165, 1.54) is 38.5 Å². The van der Waals surface area contributed by atoms with Crippen molar-refractivity contribution >= 4 is 33.4 Å². The van der Waals surface area contributed by atoms with Gasteiger partial charge in [-0.2, -0.15) is 0 Å². The molecule has 4 rings (SSSR count). The third-order valence-electron chi connectivity index (χ3n) is 3.91. The Morgan fingerprint density at radius 1 is 0.857 bits per heavy atom. The molecule has 0 spiro atoms. The summed E-state index contributed by atoms with van der Waals surface area (Å²) in [6.07, 6.45) is 0. The van der Waals surface area contributed by atoms with E-state index in [0.29, 0.717) is 0 Å². The first-order chi connectivity index (χ1) is 10.2. The lowest BCUT2D eigenvalue weighted by molar-refractivity contribution is 1.48. The van der Waals surface area contributed by atoms with Crippen molar-refractivity contribution in [2.24, 2.45) is 0 Å². The van der Waals surface area contributed by atoms with Gasteiger partial charge in [-0.05, 0) is 48.4 Å². The van der Waals surface area contributed by atoms with E-state index in [0.717, 1.165) is 5.02 Å². The molecule has 4 aromatic rings. The molecule has 1 aromatic heterocycles. The van der Waals surface area contributed by atoms with Gasteiger partial charge in [-0.15, -0.1) is 0 Å². The lowest BCUT2D eigenvalue weighted by atomic mass is 9.99. The summed E-state index contributed by atoms with van der Waals surface area (Å²) >= 11 is 6.01. The highest BCUT2D eigenvalue weighted by Crippen LogP contribution is 2.34. The Kier molecular flexibility index (Phi) is 2.76. The van der Waals surface area contributed by atoms with Crippen LogP contribution in [0.25, 0.3) is 32.9 Å². The number of para-hydroxylation sites is 1. The molecule has 0 atom stereocenters. The van der Waals surface area contributed by atoms with Gasteiger partial charge in [0.1, 0.15) is 0 Å². The molecule has 2 heteroatoms. The Labute approximate surface area is 128 Å². The van der Waals surface area contributed by atoms with Crippen molar-refractivity contribution in [3.63, 3.8) is 0 Å². The van der Waals surface area contributed by atoms with Crippen LogP contribution in [0.15, 0.2) is 60.7 Å². The summed E-state index contributed by atoms with van der Waals surface area (Å²) in [5.41, 5.74) is 6.02. The van der Waals surface area contributed by atoms with Crippen molar-refractivity contribution in [2.75, 3.05) is 0 Å². The molecule has 21 heavy (non-hydrogen) atoms. The number of H-pyrrole nitrogens is 1. The molecule has 0 saturated heterocycles. The summed E-state index contributed by atoms with van der Waals surface area (Å²) < 4.78 is 0. The maximum Gasteiger partial charge on any atom is 0.0544 e. The highest BCUT2D eigenvalue weighted by Gasteiger charge is 2.10. The van der Waals surface area contributed by atoms with Crippen LogP contribution in [0.1, 0.15) is 5.56 Å². The average molecular weight is 292 g/mol. The van der Waals surface area contributed by atoms with E-state index < -0.39 is 0 Å². The third kappa shape index (κ3) is 2.01. The van der Waals surface area contributed by atoms with Crippen LogP contribution in [0.5, 0.6) is 0 Å². The van der Waals surface area contributed by atoms with E-state index in [1.54, 1.807) is 0 Å². The van der Waals surface area contributed by atoms with Crippen LogP contribution in [-0.4, -0.2) is 4.98 Å². The van der Waals surface area contributed by atoms with Gasteiger partial charge in [-0.25, -0.2) is 0 Å². The Morgan fingerprint density at radius 2 is 1.62 bits per heavy atom. The second-order valence-corrected chi connectivity index (χ2v) is 5.85. The van der Waals surface area contributed by atoms with Gasteiger partial charge >= 0.3 is 0 Å². The second kappa shape index (κ2) is 4.64. The van der Waals surface area contributed by atoms with Crippen LogP contribution >= 0.6 is 11.6 Å². The molecule has 1 nitrogen and oxygen atoms in total. The number of benzene rings is 3. The molecular weight excluding hydrogens is 278 g/mol. The molecule has 0 bridgehead atoms. The number of rotatable bonds is 1. The summed E-state index contributed by atoms with van der Waals surface area (Å²) in [5, 5.41) is 3.31. The van der Waals surface area contributed by atoms with Crippen molar-refractivity contribution < 1.29 is 0 Å². The van der Waals surface area contributed by atoms with Crippen LogP contribution < -0.4 is 0 Å². The van der Waals surface area contributed by atoms with Crippen molar-refractivity contribution in [3.05, 3.63) is 71.2 Å². The monoisotopic (exact) mass is 291 g/mol. The van der Waals surface area contributed by atoms with E-state index >= 15 is 0 Å². The number of fused-ring (bicyclic) bond motifs is 3. The molecule has 0 unspecified atom stereocenters. The fraction of sp³-hybridized carbons (Fsp3) is 0.0526. The second-order valence-electron chi connectivity index (χ2n) is 5.41. The number of hydrogen-bond donors (Lipinski definition) is 1. The molecule has 0 aliphatic carbocycles. The smallest absolute Gasteiger partial charge is 0.0544 e. The van der Waals surface area contributed by atoms with Gasteiger partial charge in [0.2, 0.25) is 0 Å². The number of nitrogens with one attached hydrogen (secondary N) is 1. The molecule has 1 N–H and O–H groups in total. The SMILES string of the molecule is Cc1cc(-c2ccc(Cl)cc2)c2[nH]c3ccccc3c2c1. The molecule has 0 radical (unpaired) electrons. The van der Waals surface area contributed by atoms with Crippen LogP contribution in [0.2, 0.25) is 5.02 Å². The summed E-state index contributed by atoms with van der Waals surface area (Å²) in [7, 11) is 0. The highest BCUT2D eigenvalue weighted by molar-refractivity contribution is 6.30. The van der Waals surface area contributed by atoms with Gasteiger partial charge in [0.15, 0.2) is 0 Å². The topological polar surface area (TPSA) is 15.8 Å². The van der Waals surface area contributed by atoms with Crippen molar-refractivity contribution in [3.8, 4) is 11.1 Å². The summed E-state index contributed by atoms with van der Waals surface area (Å²) in [4.78, 5) is 3.55. The molecule has 3 aromatic carbocycles. The maximum absolute atomic E-state index is 6.01. The minimum atomic E-state index is 0.763. The predicted molar refractivity (Wildman–Crippen MR) is 91.0 cm³/mol. The molecule has 102 valence electrons. The van der Waals surface area contributed by atoms with Gasteiger partial charge in [0, 0.05) is 26.9 Å². The van der Waals surface area contributed by atoms with Crippen molar-refractivity contribution in [2.45, 2.75) is 6.92 Å². The van der Waals surface area contributed by atoms with E-state index in [-0.39, 0.29) is 0 Å². The minimum absolute atomic E-state index is 0.763. The molecule has 0 fully saturated rings. The van der Waals surface area contributed by atoms with E-state index in [1.807, 2.05) is 12.1 Å². The molecular formula is C19H14ClN. The lowest BCUT2D eigenvalue weighted by Crippen LogP contribution is -1.83. The minimum Gasteiger partial charge on any atom is -0.354 e. The number of halogens is 1. The predicted octanol–water partition coefficient (Wildman–Crippen LogP) is 5.95. The van der Waals surface area contributed by atoms with Crippen LogP contribution in [0, 0.1) is 6.92 Å². The van der Waals surface area contributed by atoms with Crippen LogP contribution in [-0.2, 0) is 0 Å². The first kappa shape index (κ1) is 12.5. The standard InChI is InChI=1S/C19H14ClN/c1-12-10-16(13-6-8-14(20)9-7-13)19-17(11-12)15-4-2-3-5-18(15)21-19/h2-11,21H,1H3. The van der Waals surface area contributed by atoms with Gasteiger partial charge in [-0.1, -0.05) is 41.9 Å². The lowest BCUT2D eigenvalue weighted by Gasteiger charge is -2.06. The Bertz CT molecular complexity index is 949. The average Bonchev–Trinajstić information content (AvgIpc) is 2.86. The fourth-order valence-corrected chi connectivity index (χ4v) is 3.08. The third-order valence-corrected chi connectivity index (χ3v) is 4.17. The number of hydrogen-bond acceptors (Lipinski definition) is 0. The number of aromatic nitrogens is 1. The molecule has 0 amide bonds. The zero-order valence-corrected chi connectivity index (χ0v) is 12.4. The summed E-state index contributed by atoms with van der Waals surface area (Å²) in [6.45, 7) is 2.14. The first-order valence-electron chi connectivity index (χ1n) is 6.99. The Hall–Kier alpha value is -2.25. The number of aromatic amines is 1. The number of aryl methyl sites for hydroxylation is 1. The van der Waals surface area contributed by atoms with E-state index in [2.05, 4.69) is 60.4 Å². The Balaban J connectivity index is 2.10. The zero-order chi connectivity index (χ0) is 14.4. The molecule has 0 saturated carbocycles. The fourth-order valence-electron chi connectivity index (χ4n) is 2.95. The normalized spacial score (nSPS) is 11.3. The highest BCUT2D eigenvalue weighted by atomic mass is 35.5. The first-order valence-corrected chi connectivity index (χ1v) is 7.37. The van der Waals surface area contributed by atoms with Gasteiger partial charge in [0.05, 0.1) is 5.52 Å².